The van der Waals surface area contributed by atoms with Crippen molar-refractivity contribution in [1.82, 2.24) is 9.97 Å². The van der Waals surface area contributed by atoms with Crippen LogP contribution in [0.15, 0.2) is 9.91 Å². The molecule has 0 saturated carbocycles. The first-order valence-electron chi connectivity index (χ1n) is 7.30. The Bertz CT molecular complexity index is 644. The van der Waals surface area contributed by atoms with Crippen LogP contribution in [0.5, 0.6) is 0 Å². The number of aliphatic hydroxyl groups excluding tert-OH is 1. The number of amides is 1. The summed E-state index contributed by atoms with van der Waals surface area (Å²) in [5, 5.41) is 17.6. The summed E-state index contributed by atoms with van der Waals surface area (Å²) in [6.07, 6.45) is 0.563. The van der Waals surface area contributed by atoms with Crippen LogP contribution in [-0.4, -0.2) is 39.9 Å². The average Bonchev–Trinajstić information content (AvgIpc) is 2.94. The maximum Gasteiger partial charge on any atom is 0.282 e. The summed E-state index contributed by atoms with van der Waals surface area (Å²) in [4.78, 5) is 30.1. The average molecular weight is 324 g/mol. The molecule has 1 amide bonds. The fourth-order valence-corrected chi connectivity index (χ4v) is 2.09. The van der Waals surface area contributed by atoms with E-state index >= 15 is 0 Å². The first kappa shape index (κ1) is 17.0. The van der Waals surface area contributed by atoms with Crippen LogP contribution >= 0.6 is 0 Å². The third kappa shape index (κ3) is 4.11. The summed E-state index contributed by atoms with van der Waals surface area (Å²) >= 11 is 0. The molecular formula is C13H20N6O4. The molecule has 10 heteroatoms. The van der Waals surface area contributed by atoms with Crippen LogP contribution in [0.25, 0.3) is 0 Å². The van der Waals surface area contributed by atoms with Gasteiger partial charge in [0, 0.05) is 5.92 Å². The summed E-state index contributed by atoms with van der Waals surface area (Å²) in [6.45, 7) is 3.33. The van der Waals surface area contributed by atoms with Crippen molar-refractivity contribution in [3.63, 3.8) is 0 Å². The molecule has 0 radical (unpaired) electrons. The van der Waals surface area contributed by atoms with E-state index in [9.17, 15) is 9.59 Å². The van der Waals surface area contributed by atoms with Gasteiger partial charge in [0.1, 0.15) is 6.23 Å². The van der Waals surface area contributed by atoms with Crippen LogP contribution in [-0.2, 0) is 9.53 Å². The minimum absolute atomic E-state index is 0.0275. The van der Waals surface area contributed by atoms with Gasteiger partial charge in [0.05, 0.1) is 12.7 Å². The van der Waals surface area contributed by atoms with E-state index in [0.717, 1.165) is 0 Å². The van der Waals surface area contributed by atoms with Gasteiger partial charge in [-0.15, -0.1) is 5.11 Å². The number of ether oxygens (including phenoxy) is 1. The van der Waals surface area contributed by atoms with E-state index in [2.05, 4.69) is 25.7 Å². The third-order valence-electron chi connectivity index (χ3n) is 3.38. The Balaban J connectivity index is 2.22. The molecule has 1 aromatic heterocycles. The smallest absolute Gasteiger partial charge is 0.282 e. The highest BCUT2D eigenvalue weighted by Crippen LogP contribution is 2.25. The van der Waals surface area contributed by atoms with Crippen LogP contribution in [0.2, 0.25) is 0 Å². The van der Waals surface area contributed by atoms with Gasteiger partial charge in [-0.2, -0.15) is 4.98 Å². The van der Waals surface area contributed by atoms with Gasteiger partial charge in [0.25, 0.3) is 5.56 Å². The lowest BCUT2D eigenvalue weighted by molar-refractivity contribution is -0.118. The predicted molar refractivity (Wildman–Crippen MR) is 81.7 cm³/mol. The molecule has 5 N–H and O–H groups in total. The normalized spacial score (nSPS) is 20.5. The zero-order chi connectivity index (χ0) is 17.0. The molecule has 0 spiro atoms. The van der Waals surface area contributed by atoms with E-state index < -0.39 is 11.8 Å². The zero-order valence-electron chi connectivity index (χ0n) is 12.9. The number of carbonyl (C=O) groups excluding carboxylic acids is 1. The molecule has 10 nitrogen and oxygen atoms in total. The Morgan fingerprint density at radius 2 is 2.30 bits per heavy atom. The summed E-state index contributed by atoms with van der Waals surface area (Å²) in [5.74, 6) is -0.556. The summed E-state index contributed by atoms with van der Waals surface area (Å²) < 4.78 is 5.51. The number of H-pyrrole nitrogens is 1. The van der Waals surface area contributed by atoms with Crippen molar-refractivity contribution >= 4 is 23.4 Å². The third-order valence-corrected chi connectivity index (χ3v) is 3.38. The highest BCUT2D eigenvalue weighted by molar-refractivity contribution is 5.90. The number of aliphatic hydroxyl groups is 1. The molecular weight excluding hydrogens is 304 g/mol. The number of anilines is 2. The van der Waals surface area contributed by atoms with Crippen molar-refractivity contribution in [3.8, 4) is 0 Å². The van der Waals surface area contributed by atoms with Gasteiger partial charge in [0.2, 0.25) is 11.9 Å². The van der Waals surface area contributed by atoms with E-state index in [1.54, 1.807) is 13.8 Å². The second-order valence-corrected chi connectivity index (χ2v) is 5.52. The molecule has 0 bridgehead atoms. The number of rotatable bonds is 6. The molecule has 1 aliphatic rings. The van der Waals surface area contributed by atoms with E-state index in [0.29, 0.717) is 12.8 Å². The molecule has 1 aliphatic heterocycles. The van der Waals surface area contributed by atoms with Crippen molar-refractivity contribution in [1.29, 1.82) is 5.53 Å². The molecule has 0 aromatic carbocycles. The van der Waals surface area contributed by atoms with E-state index in [-0.39, 0.29) is 42.0 Å². The quantitative estimate of drug-likeness (QED) is 0.491. The Kier molecular flexibility index (Phi) is 5.40. The van der Waals surface area contributed by atoms with Crippen LogP contribution in [0.3, 0.4) is 0 Å². The van der Waals surface area contributed by atoms with Crippen LogP contribution in [0.1, 0.15) is 26.7 Å². The summed E-state index contributed by atoms with van der Waals surface area (Å²) in [5.41, 5.74) is 6.26. The molecule has 2 atom stereocenters. The lowest BCUT2D eigenvalue weighted by Crippen LogP contribution is -2.26. The monoisotopic (exact) mass is 324 g/mol. The van der Waals surface area contributed by atoms with Crippen LogP contribution in [0.4, 0.5) is 17.5 Å². The van der Waals surface area contributed by atoms with Crippen molar-refractivity contribution < 1.29 is 14.6 Å². The van der Waals surface area contributed by atoms with E-state index in [4.69, 9.17) is 15.4 Å². The molecule has 1 saturated heterocycles. The second-order valence-electron chi connectivity index (χ2n) is 5.52. The first-order valence-corrected chi connectivity index (χ1v) is 7.30. The van der Waals surface area contributed by atoms with Gasteiger partial charge < -0.3 is 15.2 Å². The number of aromatic amines is 1. The maximum absolute atomic E-state index is 12.0. The van der Waals surface area contributed by atoms with Gasteiger partial charge in [0.15, 0.2) is 11.5 Å². The largest absolute Gasteiger partial charge is 0.394 e. The van der Waals surface area contributed by atoms with Gasteiger partial charge in [-0.25, -0.2) is 5.53 Å². The fourth-order valence-electron chi connectivity index (χ4n) is 2.09. The molecule has 126 valence electrons. The van der Waals surface area contributed by atoms with Crippen molar-refractivity contribution in [3.05, 3.63) is 10.4 Å². The van der Waals surface area contributed by atoms with Crippen molar-refractivity contribution in [2.75, 3.05) is 17.2 Å². The summed E-state index contributed by atoms with van der Waals surface area (Å²) in [7, 11) is 0. The van der Waals surface area contributed by atoms with Crippen molar-refractivity contribution in [2.24, 2.45) is 11.0 Å². The minimum atomic E-state index is -0.645. The number of carbonyl (C=O) groups is 1. The standard InChI is InChI=1S/C13H20N6O4/c1-6(2)11(21)17-13-16-10(9(19-14)12(22)18-13)15-8-4-3-7(5-20)23-8/h6-8,14,20H,3-5H2,1-2H3,(H3,15,16,17,18,21,22)/t7-,8+/m0/s1. The lowest BCUT2D eigenvalue weighted by atomic mass is 10.2. The van der Waals surface area contributed by atoms with Crippen LogP contribution < -0.4 is 16.2 Å². The molecule has 1 fully saturated rings. The van der Waals surface area contributed by atoms with E-state index in [1.165, 1.54) is 0 Å². The first-order chi connectivity index (χ1) is 10.9. The number of nitrogens with one attached hydrogen (secondary N) is 4. The minimum Gasteiger partial charge on any atom is -0.394 e. The highest BCUT2D eigenvalue weighted by atomic mass is 16.5. The zero-order valence-corrected chi connectivity index (χ0v) is 12.9. The van der Waals surface area contributed by atoms with Gasteiger partial charge in [-0.1, -0.05) is 13.8 Å². The van der Waals surface area contributed by atoms with Gasteiger partial charge in [-0.3, -0.25) is 19.9 Å². The molecule has 23 heavy (non-hydrogen) atoms. The molecule has 1 aromatic rings. The fraction of sp³-hybridized carbons (Fsp3) is 0.615. The number of aromatic nitrogens is 2. The topological polar surface area (TPSA) is 153 Å². The Morgan fingerprint density at radius 1 is 1.57 bits per heavy atom. The SMILES string of the molecule is CC(C)C(=O)Nc1nc(N[C@H]2CC[C@@H](CO)O2)c(N=N)c(=O)[nH]1. The Labute approximate surface area is 132 Å². The number of hydrogen-bond donors (Lipinski definition) is 5. The van der Waals surface area contributed by atoms with E-state index in [1.807, 2.05) is 0 Å². The Morgan fingerprint density at radius 3 is 2.87 bits per heavy atom. The molecule has 0 aliphatic carbocycles. The molecule has 0 unspecified atom stereocenters. The molecule has 2 rings (SSSR count). The Hall–Kier alpha value is -2.33. The van der Waals surface area contributed by atoms with Crippen molar-refractivity contribution in [2.45, 2.75) is 39.0 Å². The number of nitrogens with zero attached hydrogens (tertiary/aromatic N) is 2. The predicted octanol–water partition coefficient (Wildman–Crippen LogP) is 0.936. The molecule has 2 heterocycles. The second kappa shape index (κ2) is 7.29. The number of hydrogen-bond acceptors (Lipinski definition) is 8. The van der Waals surface area contributed by atoms with Gasteiger partial charge >= 0.3 is 0 Å². The summed E-state index contributed by atoms with van der Waals surface area (Å²) in [6, 6.07) is 0. The van der Waals surface area contributed by atoms with Crippen LogP contribution in [0, 0.1) is 11.4 Å². The lowest BCUT2D eigenvalue weighted by Gasteiger charge is -2.16. The highest BCUT2D eigenvalue weighted by Gasteiger charge is 2.26. The maximum atomic E-state index is 12.0. The van der Waals surface area contributed by atoms with Gasteiger partial charge in [-0.05, 0) is 12.8 Å².